The van der Waals surface area contributed by atoms with Gasteiger partial charge >= 0.3 is 6.03 Å². The number of imide groups is 1. The summed E-state index contributed by atoms with van der Waals surface area (Å²) in [5.41, 5.74) is -0.127. The average molecular weight is 452 g/mol. The first-order chi connectivity index (χ1) is 15.9. The van der Waals surface area contributed by atoms with E-state index >= 15 is 0 Å². The van der Waals surface area contributed by atoms with Gasteiger partial charge < -0.3 is 28.8 Å². The lowest BCUT2D eigenvalue weighted by molar-refractivity contribution is -0.131. The molecule has 0 bridgehead atoms. The maximum atomic E-state index is 13.2. The van der Waals surface area contributed by atoms with Crippen LogP contribution < -0.4 is 24.3 Å². The molecular weight excluding hydrogens is 432 g/mol. The molecular formula is C22H20N4O7. The number of rotatable bonds is 6. The van der Waals surface area contributed by atoms with Gasteiger partial charge in [0.1, 0.15) is 23.6 Å². The SMILES string of the molecule is COc1ccc(-c2noc(CN3C(=O)NC(C)(c4ccc5c(c4)OCO5)C3=O)n2)c(OC)c1. The number of urea groups is 1. The zero-order valence-corrected chi connectivity index (χ0v) is 18.1. The number of nitrogens with zero attached hydrogens (tertiary/aromatic N) is 3. The van der Waals surface area contributed by atoms with E-state index < -0.39 is 17.5 Å². The summed E-state index contributed by atoms with van der Waals surface area (Å²) < 4.78 is 26.6. The largest absolute Gasteiger partial charge is 0.497 e. The molecule has 1 unspecified atom stereocenters. The Labute approximate surface area is 188 Å². The lowest BCUT2D eigenvalue weighted by Crippen LogP contribution is -2.40. The first kappa shape index (κ1) is 20.6. The minimum Gasteiger partial charge on any atom is -0.497 e. The molecule has 3 heterocycles. The molecule has 0 saturated carbocycles. The van der Waals surface area contributed by atoms with Crippen LogP contribution in [0, 0.1) is 0 Å². The Morgan fingerprint density at radius 2 is 1.91 bits per heavy atom. The lowest BCUT2D eigenvalue weighted by atomic mass is 9.91. The fraction of sp³-hybridized carbons (Fsp3) is 0.273. The third-order valence-electron chi connectivity index (χ3n) is 5.64. The number of hydrogen-bond donors (Lipinski definition) is 1. The zero-order valence-electron chi connectivity index (χ0n) is 18.1. The summed E-state index contributed by atoms with van der Waals surface area (Å²) in [6.45, 7) is 1.56. The third kappa shape index (κ3) is 3.37. The smallest absolute Gasteiger partial charge is 0.325 e. The van der Waals surface area contributed by atoms with Gasteiger partial charge in [-0.25, -0.2) is 4.79 Å². The fourth-order valence-corrected chi connectivity index (χ4v) is 3.79. The molecule has 2 aliphatic heterocycles. The number of nitrogens with one attached hydrogen (secondary N) is 1. The standard InChI is InChI=1S/C22H20N4O7/c1-22(12-4-7-15-17(8-12)32-11-31-15)20(27)26(21(28)24-22)10-18-23-19(25-33-18)14-6-5-13(29-2)9-16(14)30-3/h4-9H,10-11H2,1-3H3,(H,24,28). The molecule has 2 aliphatic rings. The Morgan fingerprint density at radius 1 is 1.09 bits per heavy atom. The highest BCUT2D eigenvalue weighted by Crippen LogP contribution is 2.38. The summed E-state index contributed by atoms with van der Waals surface area (Å²) in [7, 11) is 3.07. The van der Waals surface area contributed by atoms with Crippen molar-refractivity contribution in [1.82, 2.24) is 20.4 Å². The van der Waals surface area contributed by atoms with Crippen molar-refractivity contribution in [1.29, 1.82) is 0 Å². The molecule has 1 fully saturated rings. The zero-order chi connectivity index (χ0) is 23.2. The van der Waals surface area contributed by atoms with E-state index in [0.717, 1.165) is 4.90 Å². The van der Waals surface area contributed by atoms with Gasteiger partial charge in [0.05, 0.1) is 19.8 Å². The molecule has 11 nitrogen and oxygen atoms in total. The van der Waals surface area contributed by atoms with Crippen LogP contribution in [-0.4, -0.2) is 48.0 Å². The highest BCUT2D eigenvalue weighted by atomic mass is 16.7. The van der Waals surface area contributed by atoms with Crippen LogP contribution in [0.1, 0.15) is 18.4 Å². The number of ether oxygens (including phenoxy) is 4. The third-order valence-corrected chi connectivity index (χ3v) is 5.64. The van der Waals surface area contributed by atoms with Crippen LogP contribution in [0.4, 0.5) is 4.79 Å². The number of carbonyl (C=O) groups excluding carboxylic acids is 2. The number of aromatic nitrogens is 2. The van der Waals surface area contributed by atoms with Crippen molar-refractivity contribution in [2.45, 2.75) is 19.0 Å². The van der Waals surface area contributed by atoms with Gasteiger partial charge in [0.25, 0.3) is 5.91 Å². The van der Waals surface area contributed by atoms with Crippen LogP contribution >= 0.6 is 0 Å². The first-order valence-corrected chi connectivity index (χ1v) is 10.0. The predicted molar refractivity (Wildman–Crippen MR) is 112 cm³/mol. The molecule has 33 heavy (non-hydrogen) atoms. The second-order valence-electron chi connectivity index (χ2n) is 7.59. The summed E-state index contributed by atoms with van der Waals surface area (Å²) >= 11 is 0. The molecule has 3 amide bonds. The minimum absolute atomic E-state index is 0.0984. The average Bonchev–Trinajstić information content (AvgIpc) is 3.54. The molecule has 11 heteroatoms. The predicted octanol–water partition coefficient (Wildman–Crippen LogP) is 2.45. The van der Waals surface area contributed by atoms with Crippen LogP contribution in [0.3, 0.4) is 0 Å². The van der Waals surface area contributed by atoms with Crippen LogP contribution in [0.25, 0.3) is 11.4 Å². The first-order valence-electron chi connectivity index (χ1n) is 10.0. The molecule has 170 valence electrons. The van der Waals surface area contributed by atoms with Crippen LogP contribution in [0.2, 0.25) is 0 Å². The van der Waals surface area contributed by atoms with E-state index in [9.17, 15) is 9.59 Å². The molecule has 3 aromatic rings. The Hall–Kier alpha value is -4.28. The highest BCUT2D eigenvalue weighted by molar-refractivity contribution is 6.07. The van der Waals surface area contributed by atoms with Gasteiger partial charge in [0.15, 0.2) is 11.5 Å². The van der Waals surface area contributed by atoms with Crippen LogP contribution in [0.15, 0.2) is 40.9 Å². The van der Waals surface area contributed by atoms with Crippen molar-refractivity contribution in [3.05, 3.63) is 47.9 Å². The maximum absolute atomic E-state index is 13.2. The van der Waals surface area contributed by atoms with Crippen molar-refractivity contribution in [3.63, 3.8) is 0 Å². The Bertz CT molecular complexity index is 1260. The summed E-state index contributed by atoms with van der Waals surface area (Å²) in [5.74, 6) is 2.12. The molecule has 0 radical (unpaired) electrons. The quantitative estimate of drug-likeness (QED) is 0.561. The van der Waals surface area contributed by atoms with Crippen molar-refractivity contribution in [2.24, 2.45) is 0 Å². The van der Waals surface area contributed by atoms with Crippen molar-refractivity contribution >= 4 is 11.9 Å². The van der Waals surface area contributed by atoms with Crippen LogP contribution in [-0.2, 0) is 16.9 Å². The van der Waals surface area contributed by atoms with E-state index in [-0.39, 0.29) is 25.1 Å². The lowest BCUT2D eigenvalue weighted by Gasteiger charge is -2.22. The van der Waals surface area contributed by atoms with Gasteiger partial charge in [-0.2, -0.15) is 4.98 Å². The summed E-state index contributed by atoms with van der Waals surface area (Å²) in [4.78, 5) is 31.3. The van der Waals surface area contributed by atoms with E-state index in [2.05, 4.69) is 15.5 Å². The van der Waals surface area contributed by atoms with Gasteiger partial charge in [-0.05, 0) is 36.8 Å². The molecule has 1 N–H and O–H groups in total. The Balaban J connectivity index is 1.38. The van der Waals surface area contributed by atoms with Crippen LogP contribution in [0.5, 0.6) is 23.0 Å². The number of carbonyl (C=O) groups is 2. The normalized spacial score (nSPS) is 19.1. The van der Waals surface area contributed by atoms with E-state index in [1.165, 1.54) is 7.11 Å². The number of fused-ring (bicyclic) bond motifs is 1. The van der Waals surface area contributed by atoms with E-state index in [4.69, 9.17) is 23.5 Å². The van der Waals surface area contributed by atoms with Crippen molar-refractivity contribution < 1.29 is 33.1 Å². The molecule has 5 rings (SSSR count). The fourth-order valence-electron chi connectivity index (χ4n) is 3.79. The maximum Gasteiger partial charge on any atom is 0.325 e. The van der Waals surface area contributed by atoms with Gasteiger partial charge in [-0.1, -0.05) is 11.2 Å². The van der Waals surface area contributed by atoms with E-state index in [1.54, 1.807) is 50.4 Å². The van der Waals surface area contributed by atoms with E-state index in [0.29, 0.717) is 34.1 Å². The Morgan fingerprint density at radius 3 is 2.70 bits per heavy atom. The molecule has 2 aromatic carbocycles. The Kier molecular flexibility index (Phi) is 4.81. The number of methoxy groups -OCH3 is 2. The van der Waals surface area contributed by atoms with Crippen molar-refractivity contribution in [2.75, 3.05) is 21.0 Å². The van der Waals surface area contributed by atoms with Gasteiger partial charge in [-0.3, -0.25) is 9.69 Å². The second-order valence-corrected chi connectivity index (χ2v) is 7.59. The number of amides is 3. The van der Waals surface area contributed by atoms with Gasteiger partial charge in [-0.15, -0.1) is 0 Å². The number of hydrogen-bond acceptors (Lipinski definition) is 9. The topological polar surface area (TPSA) is 125 Å². The highest BCUT2D eigenvalue weighted by Gasteiger charge is 2.49. The molecule has 0 aliphatic carbocycles. The minimum atomic E-state index is -1.28. The van der Waals surface area contributed by atoms with Crippen molar-refractivity contribution in [3.8, 4) is 34.4 Å². The second kappa shape index (κ2) is 7.69. The summed E-state index contributed by atoms with van der Waals surface area (Å²) in [5, 5.41) is 6.71. The summed E-state index contributed by atoms with van der Waals surface area (Å²) in [6.07, 6.45) is 0. The monoisotopic (exact) mass is 452 g/mol. The molecule has 0 spiro atoms. The van der Waals surface area contributed by atoms with Gasteiger partial charge in [0.2, 0.25) is 18.5 Å². The number of benzene rings is 2. The van der Waals surface area contributed by atoms with E-state index in [1.807, 2.05) is 0 Å². The van der Waals surface area contributed by atoms with Gasteiger partial charge in [0, 0.05) is 6.07 Å². The molecule has 1 saturated heterocycles. The molecule has 1 aromatic heterocycles. The summed E-state index contributed by atoms with van der Waals surface area (Å²) in [6, 6.07) is 9.71. The molecule has 1 atom stereocenters.